The SMILES string of the molecule is CCn1c2c(C#N)c(=O)c3cccc(NS(=O)(=O)c4ccccc4)c3c-2nc2ccc(N(C)C)cc21.CCn1c2c(NS(C)(=O)=O)c(=O)c3ccccc3c-2nc2ccc(N3CCCC3)cc21.CN(C)c1ccc2nc3c4ccccc4c(=O)c(N(C)S(=O)Oc4ccccc4)c-3n(C)c2c1.CNS(=O)(=O)c1c2n(C)c3cc(N4CCCCC4)ccc3nc-2c2c(NC(C)=O)cccc2c1=O. The first kappa shape index (κ1) is 92.9. The van der Waals surface area contributed by atoms with Crippen molar-refractivity contribution < 1.29 is 38.4 Å². The first-order chi connectivity index (χ1) is 65.2. The summed E-state index contributed by atoms with van der Waals surface area (Å²) < 4.78 is 112. The van der Waals surface area contributed by atoms with Gasteiger partial charge >= 0.3 is 11.3 Å². The molecule has 35 heteroatoms. The standard InChI is InChI=1S/C27H23N5O3S.C26H24N4O3S.C25H27N5O4S.C23H24N4O3S/c1-4-32-23-15-17(31(2)3)13-14-21(23)29-25-24-19(27(33)20(16-28)26(25)32)11-8-12-22(24)30-36(34,35)18-9-6-5-7-10-18;1-28(2)17-14-15-21-22(16-17)29(3)24-23(27-21)19-12-8-9-13-20(19)26(31)25(24)30(4)34(32)33-18-10-6-5-7-11-18;1-15(31)27-19-9-7-8-17-21(19)22-23(25(24(17)32)35(33,34)26-2)29(3)20-14-16(10-11-18(20)28-22)30-12-5-4-6-13-30;1-3-27-19-14-15(26-12-6-7-13-26)10-11-18(19)24-20-16-8-4-5-9-17(16)23(28)21(22(20)27)25-31(2,29)30/h5-15,30H,4H2,1-3H3;5-16H,1-4H3;7-11,14,26H,4-6,12-13H2,1-3H3,(H,27,31);4-5,8-11,14,25H,3,6-7,12-13H2,1-2H3. The van der Waals surface area contributed by atoms with E-state index in [9.17, 15) is 58.7 Å². The second-order valence-electron chi connectivity index (χ2n) is 33.8. The van der Waals surface area contributed by atoms with Gasteiger partial charge in [0.25, 0.3) is 10.0 Å². The number of nitrogens with zero attached hydrogens (tertiary/aromatic N) is 14. The topological polar surface area (TPSA) is 373 Å². The van der Waals surface area contributed by atoms with Gasteiger partial charge in [-0.2, -0.15) is 9.47 Å². The van der Waals surface area contributed by atoms with E-state index in [4.69, 9.17) is 24.1 Å². The van der Waals surface area contributed by atoms with E-state index in [0.29, 0.717) is 108 Å². The largest absolute Gasteiger partial charge is 0.385 e. The molecule has 2 fully saturated rings. The molecule has 0 spiro atoms. The molecule has 0 radical (unpaired) electrons. The number of hydrogen-bond donors (Lipinski definition) is 4. The molecule has 6 aliphatic heterocycles. The average Bonchev–Trinajstić information content (AvgIpc) is 1.10. The summed E-state index contributed by atoms with van der Waals surface area (Å²) in [5, 5.41) is 16.4. The maximum Gasteiger partial charge on any atom is 0.318 e. The second-order valence-corrected chi connectivity index (χ2v) is 40.2. The third-order valence-corrected chi connectivity index (χ3v) is 29.1. The van der Waals surface area contributed by atoms with Crippen LogP contribution in [0.5, 0.6) is 5.75 Å². The molecule has 10 aromatic carbocycles. The molecule has 0 bridgehead atoms. The molecule has 6 heterocycles. The summed E-state index contributed by atoms with van der Waals surface area (Å²) in [6.07, 6.45) is 6.88. The Kier molecular flexibility index (Phi) is 25.6. The number of para-hydroxylation sites is 1. The van der Waals surface area contributed by atoms with Crippen LogP contribution in [0.1, 0.15) is 58.4 Å². The number of fused-ring (bicyclic) bond motifs is 16. The van der Waals surface area contributed by atoms with Crippen molar-refractivity contribution in [1.82, 2.24) is 42.9 Å². The van der Waals surface area contributed by atoms with Gasteiger partial charge in [-0.1, -0.05) is 109 Å². The highest BCUT2D eigenvalue weighted by Crippen LogP contribution is 2.44. The predicted molar refractivity (Wildman–Crippen MR) is 545 cm³/mol. The van der Waals surface area contributed by atoms with E-state index in [1.807, 2.05) is 170 Å². The molecular weight excluding hydrogens is 1800 g/mol. The molecule has 4 N–H and O–H groups in total. The van der Waals surface area contributed by atoms with Crippen molar-refractivity contribution in [2.75, 3.05) is 113 Å². The molecule has 0 saturated carbocycles. The van der Waals surface area contributed by atoms with Crippen LogP contribution in [0.2, 0.25) is 0 Å². The molecular formula is C101H98N18O13S4. The monoisotopic (exact) mass is 1900 g/mol. The van der Waals surface area contributed by atoms with Crippen LogP contribution in [0.15, 0.2) is 247 Å². The van der Waals surface area contributed by atoms with Gasteiger partial charge in [-0.25, -0.2) is 49.9 Å². The van der Waals surface area contributed by atoms with Crippen molar-refractivity contribution in [3.05, 3.63) is 265 Å². The van der Waals surface area contributed by atoms with Gasteiger partial charge in [0, 0.05) is 161 Å². The van der Waals surface area contributed by atoms with Crippen LogP contribution in [-0.2, 0) is 73.3 Å². The van der Waals surface area contributed by atoms with E-state index in [0.717, 1.165) is 101 Å². The van der Waals surface area contributed by atoms with Gasteiger partial charge in [0.1, 0.15) is 28.8 Å². The van der Waals surface area contributed by atoms with Crippen molar-refractivity contribution in [3.8, 4) is 57.4 Å². The highest BCUT2D eigenvalue weighted by Gasteiger charge is 2.35. The van der Waals surface area contributed by atoms with Crippen molar-refractivity contribution in [2.24, 2.45) is 14.1 Å². The quantitative estimate of drug-likeness (QED) is 0.0458. The maximum atomic E-state index is 13.7. The fourth-order valence-electron chi connectivity index (χ4n) is 18.3. The third kappa shape index (κ3) is 17.4. The molecule has 0 aromatic heterocycles. The minimum atomic E-state index is -4.13. The number of nitriles is 1. The Morgan fingerprint density at radius 3 is 1.46 bits per heavy atom. The van der Waals surface area contributed by atoms with Gasteiger partial charge in [-0.3, -0.25) is 37.7 Å². The highest BCUT2D eigenvalue weighted by molar-refractivity contribution is 7.93. The lowest BCUT2D eigenvalue weighted by atomic mass is 9.97. The fourth-order valence-corrected chi connectivity index (χ4v) is 21.7. The summed E-state index contributed by atoms with van der Waals surface area (Å²) in [6, 6.07) is 67.2. The lowest BCUT2D eigenvalue weighted by Gasteiger charge is -2.29. The lowest BCUT2D eigenvalue weighted by molar-refractivity contribution is -0.114. The summed E-state index contributed by atoms with van der Waals surface area (Å²) in [7, 11) is 2.62. The molecule has 31 nitrogen and oxygen atoms in total. The second kappa shape index (κ2) is 37.5. The van der Waals surface area contributed by atoms with E-state index in [2.05, 4.69) is 47.5 Å². The zero-order chi connectivity index (χ0) is 96.2. The molecule has 10 aromatic rings. The number of nitrogens with one attached hydrogen (secondary N) is 4. The van der Waals surface area contributed by atoms with E-state index in [1.54, 1.807) is 116 Å². The molecule has 4 aliphatic carbocycles. The minimum absolute atomic E-state index is 0.0212. The predicted octanol–water partition coefficient (Wildman–Crippen LogP) is 15.5. The third-order valence-electron chi connectivity index (χ3n) is 24.8. The molecule has 1 amide bonds. The summed E-state index contributed by atoms with van der Waals surface area (Å²) in [5.41, 5.74) is 13.2. The van der Waals surface area contributed by atoms with E-state index in [-0.39, 0.29) is 65.6 Å². The zero-order valence-electron chi connectivity index (χ0n) is 76.8. The summed E-state index contributed by atoms with van der Waals surface area (Å²) in [4.78, 5) is 94.0. The zero-order valence-corrected chi connectivity index (χ0v) is 80.0. The number of aryl methyl sites for hydroxylation is 4. The number of aromatic nitrogens is 8. The van der Waals surface area contributed by atoms with Gasteiger partial charge in [-0.15, -0.1) is 0 Å². The van der Waals surface area contributed by atoms with Crippen molar-refractivity contribution in [3.63, 3.8) is 0 Å². The number of carbonyl (C=O) groups is 1. The Morgan fingerprint density at radius 2 is 0.912 bits per heavy atom. The smallest absolute Gasteiger partial charge is 0.318 e. The number of amides is 1. The maximum absolute atomic E-state index is 13.7. The summed E-state index contributed by atoms with van der Waals surface area (Å²) >= 11 is -1.95. The van der Waals surface area contributed by atoms with Gasteiger partial charge in [0.05, 0.1) is 112 Å². The van der Waals surface area contributed by atoms with Gasteiger partial charge in [-0.05, 0) is 162 Å². The average molecular weight is 1900 g/mol. The van der Waals surface area contributed by atoms with Gasteiger partial charge < -0.3 is 47.4 Å². The molecule has 694 valence electrons. The molecule has 10 aliphatic rings. The van der Waals surface area contributed by atoms with Crippen LogP contribution >= 0.6 is 0 Å². The van der Waals surface area contributed by atoms with Gasteiger partial charge in [0.15, 0.2) is 4.90 Å². The molecule has 1 unspecified atom stereocenters. The van der Waals surface area contributed by atoms with Crippen LogP contribution in [-0.4, -0.2) is 148 Å². The van der Waals surface area contributed by atoms with E-state index < -0.39 is 52.2 Å². The number of anilines is 8. The van der Waals surface area contributed by atoms with E-state index >= 15 is 0 Å². The van der Waals surface area contributed by atoms with Crippen LogP contribution in [0.3, 0.4) is 0 Å². The van der Waals surface area contributed by atoms with Crippen LogP contribution in [0, 0.1) is 11.3 Å². The van der Waals surface area contributed by atoms with E-state index in [1.165, 1.54) is 49.7 Å². The number of hydrogen-bond acceptors (Lipinski definition) is 22. The number of rotatable bonds is 18. The Labute approximate surface area is 786 Å². The summed E-state index contributed by atoms with van der Waals surface area (Å²) in [5.74, 6) is 0.148. The first-order valence-electron chi connectivity index (χ1n) is 44.2. The van der Waals surface area contributed by atoms with Crippen molar-refractivity contribution in [2.45, 2.75) is 75.8 Å². The van der Waals surface area contributed by atoms with Crippen molar-refractivity contribution in [1.29, 1.82) is 5.26 Å². The number of piperidine rings is 1. The van der Waals surface area contributed by atoms with Crippen LogP contribution in [0.25, 0.3) is 133 Å². The molecule has 20 rings (SSSR count). The number of sulfonamides is 3. The first-order valence-corrected chi connectivity index (χ1v) is 50.1. The number of benzene rings is 14. The molecule has 2 saturated heterocycles. The Morgan fingerprint density at radius 1 is 0.471 bits per heavy atom. The molecule has 136 heavy (non-hydrogen) atoms. The molecule has 1 atom stereocenters. The Balaban J connectivity index is 0.000000126. The van der Waals surface area contributed by atoms with Gasteiger partial charge in [0.2, 0.25) is 47.7 Å². The minimum Gasteiger partial charge on any atom is -0.385 e. The fraction of sp³-hybridized carbons (Fsp3) is 0.228. The lowest BCUT2D eigenvalue weighted by Crippen LogP contribution is -2.31. The van der Waals surface area contributed by atoms with Crippen LogP contribution in [0.4, 0.5) is 45.5 Å². The Hall–Kier alpha value is -15.0. The van der Waals surface area contributed by atoms with Crippen molar-refractivity contribution >= 4 is 180 Å². The summed E-state index contributed by atoms with van der Waals surface area (Å²) in [6.45, 7) is 10.3. The highest BCUT2D eigenvalue weighted by atomic mass is 32.2. The number of carbonyl (C=O) groups excluding carboxylic acids is 1. The normalized spacial score (nSPS) is 13.3. The van der Waals surface area contributed by atoms with Crippen LogP contribution < -0.4 is 69.3 Å². The Bertz CT molecular complexity index is 8430.